The van der Waals surface area contributed by atoms with E-state index in [1.807, 2.05) is 0 Å². The van der Waals surface area contributed by atoms with E-state index in [2.05, 4.69) is 4.99 Å². The molecule has 2 aromatic rings. The summed E-state index contributed by atoms with van der Waals surface area (Å²) in [5, 5.41) is 10.3. The molecule has 1 N–H and O–H groups in total. The molecule has 0 aliphatic rings. The molecule has 134 valence electrons. The second-order valence-electron chi connectivity index (χ2n) is 5.50. The monoisotopic (exact) mass is 380 g/mol. The van der Waals surface area contributed by atoms with Gasteiger partial charge in [0.15, 0.2) is 0 Å². The topological polar surface area (TPSA) is 70.0 Å². The molecular formula is C18H21ClN2O3S. The summed E-state index contributed by atoms with van der Waals surface area (Å²) in [5.41, 5.74) is 1.60. The van der Waals surface area contributed by atoms with Gasteiger partial charge >= 0.3 is 0 Å². The molecule has 0 aliphatic heterocycles. The summed E-state index contributed by atoms with van der Waals surface area (Å²) >= 11 is 5.91. The molecule has 0 fully saturated rings. The molecule has 7 heteroatoms. The molecule has 25 heavy (non-hydrogen) atoms. The van der Waals surface area contributed by atoms with Gasteiger partial charge in [0.25, 0.3) is 0 Å². The van der Waals surface area contributed by atoms with Gasteiger partial charge in [0.2, 0.25) is 10.0 Å². The lowest BCUT2D eigenvalue weighted by atomic mass is 10.2. The first-order valence-corrected chi connectivity index (χ1v) is 9.74. The highest BCUT2D eigenvalue weighted by atomic mass is 35.5. The molecule has 0 heterocycles. The van der Waals surface area contributed by atoms with Crippen molar-refractivity contribution in [1.82, 2.24) is 4.31 Å². The minimum atomic E-state index is -3.56. The number of hydrogen-bond donors (Lipinski definition) is 1. The number of rotatable bonds is 6. The van der Waals surface area contributed by atoms with E-state index in [0.717, 1.165) is 0 Å². The summed E-state index contributed by atoms with van der Waals surface area (Å²) < 4.78 is 26.9. The van der Waals surface area contributed by atoms with Gasteiger partial charge in [-0.05, 0) is 42.8 Å². The fourth-order valence-corrected chi connectivity index (χ4v) is 4.31. The number of phenols is 1. The van der Waals surface area contributed by atoms with Crippen LogP contribution in [0.3, 0.4) is 0 Å². The maximum atomic E-state index is 12.8. The van der Waals surface area contributed by atoms with Crippen molar-refractivity contribution in [1.29, 1.82) is 0 Å². The smallest absolute Gasteiger partial charge is 0.243 e. The van der Waals surface area contributed by atoms with Crippen LogP contribution in [0.2, 0.25) is 5.02 Å². The van der Waals surface area contributed by atoms with E-state index in [1.165, 1.54) is 16.6 Å². The Morgan fingerprint density at radius 3 is 2.48 bits per heavy atom. The number of benzene rings is 2. The van der Waals surface area contributed by atoms with Gasteiger partial charge in [-0.3, -0.25) is 4.99 Å². The Bertz CT molecular complexity index is 891. The van der Waals surface area contributed by atoms with E-state index >= 15 is 0 Å². The van der Waals surface area contributed by atoms with Crippen LogP contribution in [0, 0.1) is 6.92 Å². The molecule has 0 saturated carbocycles. The van der Waals surface area contributed by atoms with Gasteiger partial charge in [-0.25, -0.2) is 8.42 Å². The summed E-state index contributed by atoms with van der Waals surface area (Å²) in [4.78, 5) is 4.52. The standard InChI is InChI=1S/C18H21ClN2O3S/c1-4-21(5-2)25(23,24)18-11-16(8-6-13(18)3)20-12-14-10-15(19)7-9-17(14)22/h6-12,22H,4-5H2,1-3H3. The highest BCUT2D eigenvalue weighted by molar-refractivity contribution is 7.89. The Morgan fingerprint density at radius 2 is 1.84 bits per heavy atom. The summed E-state index contributed by atoms with van der Waals surface area (Å²) in [6.07, 6.45) is 1.46. The minimum Gasteiger partial charge on any atom is -0.507 e. The highest BCUT2D eigenvalue weighted by Gasteiger charge is 2.23. The summed E-state index contributed by atoms with van der Waals surface area (Å²) in [6, 6.07) is 9.64. The Kier molecular flexibility index (Phi) is 6.21. The number of aromatic hydroxyl groups is 1. The number of nitrogens with zero attached hydrogens (tertiary/aromatic N) is 2. The number of sulfonamides is 1. The normalized spacial score (nSPS) is 12.2. The lowest BCUT2D eigenvalue weighted by Gasteiger charge is -2.19. The van der Waals surface area contributed by atoms with E-state index in [9.17, 15) is 13.5 Å². The molecule has 2 aromatic carbocycles. The summed E-state index contributed by atoms with van der Waals surface area (Å²) in [5.74, 6) is 0.0521. The zero-order valence-electron chi connectivity index (χ0n) is 14.4. The van der Waals surface area contributed by atoms with Gasteiger partial charge in [0, 0.05) is 29.9 Å². The third-order valence-corrected chi connectivity index (χ3v) is 6.26. The molecule has 0 aliphatic carbocycles. The van der Waals surface area contributed by atoms with Crippen molar-refractivity contribution in [2.75, 3.05) is 13.1 Å². The van der Waals surface area contributed by atoms with Crippen LogP contribution >= 0.6 is 11.6 Å². The Balaban J connectivity index is 2.42. The molecule has 0 spiro atoms. The zero-order chi connectivity index (χ0) is 18.6. The predicted molar refractivity (Wildman–Crippen MR) is 102 cm³/mol. The second-order valence-corrected chi connectivity index (χ2v) is 7.84. The van der Waals surface area contributed by atoms with Gasteiger partial charge in [-0.15, -0.1) is 0 Å². The van der Waals surface area contributed by atoms with Crippen molar-refractivity contribution < 1.29 is 13.5 Å². The van der Waals surface area contributed by atoms with Crippen LogP contribution in [-0.2, 0) is 10.0 Å². The largest absolute Gasteiger partial charge is 0.507 e. The fraction of sp³-hybridized carbons (Fsp3) is 0.278. The first kappa shape index (κ1) is 19.4. The number of aryl methyl sites for hydroxylation is 1. The minimum absolute atomic E-state index is 0.0521. The van der Waals surface area contributed by atoms with E-state index in [0.29, 0.717) is 34.9 Å². The Morgan fingerprint density at radius 1 is 1.16 bits per heavy atom. The van der Waals surface area contributed by atoms with Crippen molar-refractivity contribution in [2.45, 2.75) is 25.7 Å². The van der Waals surface area contributed by atoms with Gasteiger partial charge < -0.3 is 5.11 Å². The molecule has 5 nitrogen and oxygen atoms in total. The Hall–Kier alpha value is -1.89. The molecular weight excluding hydrogens is 360 g/mol. The van der Waals surface area contributed by atoms with E-state index in [-0.39, 0.29) is 10.6 Å². The highest BCUT2D eigenvalue weighted by Crippen LogP contribution is 2.26. The second kappa shape index (κ2) is 7.99. The van der Waals surface area contributed by atoms with Crippen LogP contribution in [0.4, 0.5) is 5.69 Å². The third-order valence-electron chi connectivity index (χ3n) is 3.84. The van der Waals surface area contributed by atoms with Crippen molar-refractivity contribution >= 4 is 33.5 Å². The maximum Gasteiger partial charge on any atom is 0.243 e. The lowest BCUT2D eigenvalue weighted by Crippen LogP contribution is -2.31. The maximum absolute atomic E-state index is 12.8. The number of halogens is 1. The lowest BCUT2D eigenvalue weighted by molar-refractivity contribution is 0.445. The average molecular weight is 381 g/mol. The summed E-state index contributed by atoms with van der Waals surface area (Å²) in [7, 11) is -3.56. The predicted octanol–water partition coefficient (Wildman–Crippen LogP) is 4.14. The van der Waals surface area contributed by atoms with Gasteiger partial charge in [0.05, 0.1) is 10.6 Å². The first-order valence-electron chi connectivity index (χ1n) is 7.93. The van der Waals surface area contributed by atoms with Crippen molar-refractivity contribution in [3.63, 3.8) is 0 Å². The molecule has 0 saturated heterocycles. The molecule has 0 aromatic heterocycles. The van der Waals surface area contributed by atoms with Gasteiger partial charge in [-0.2, -0.15) is 4.31 Å². The van der Waals surface area contributed by atoms with Crippen LogP contribution < -0.4 is 0 Å². The quantitative estimate of drug-likeness (QED) is 0.766. The first-order chi connectivity index (χ1) is 11.8. The van der Waals surface area contributed by atoms with Crippen molar-refractivity contribution in [3.8, 4) is 5.75 Å². The average Bonchev–Trinajstić information content (AvgIpc) is 2.57. The molecule has 0 amide bonds. The van der Waals surface area contributed by atoms with E-state index in [4.69, 9.17) is 11.6 Å². The van der Waals surface area contributed by atoms with Crippen LogP contribution in [0.1, 0.15) is 25.0 Å². The van der Waals surface area contributed by atoms with E-state index < -0.39 is 10.0 Å². The molecule has 0 radical (unpaired) electrons. The molecule has 0 bridgehead atoms. The van der Waals surface area contributed by atoms with Gasteiger partial charge in [0.1, 0.15) is 5.75 Å². The number of hydrogen-bond acceptors (Lipinski definition) is 4. The zero-order valence-corrected chi connectivity index (χ0v) is 16.0. The Labute approximate surface area is 153 Å². The van der Waals surface area contributed by atoms with Crippen molar-refractivity contribution in [2.24, 2.45) is 4.99 Å². The SMILES string of the molecule is CCN(CC)S(=O)(=O)c1cc(N=Cc2cc(Cl)ccc2O)ccc1C. The molecule has 2 rings (SSSR count). The van der Waals surface area contributed by atoms with E-state index in [1.54, 1.807) is 51.1 Å². The van der Waals surface area contributed by atoms with Crippen LogP contribution in [-0.4, -0.2) is 37.1 Å². The molecule has 0 unspecified atom stereocenters. The molecule has 0 atom stereocenters. The van der Waals surface area contributed by atoms with Crippen molar-refractivity contribution in [3.05, 3.63) is 52.5 Å². The third kappa shape index (κ3) is 4.39. The fourth-order valence-electron chi connectivity index (χ4n) is 2.42. The summed E-state index contributed by atoms with van der Waals surface area (Å²) in [6.45, 7) is 6.18. The van der Waals surface area contributed by atoms with Gasteiger partial charge in [-0.1, -0.05) is 31.5 Å². The van der Waals surface area contributed by atoms with Crippen LogP contribution in [0.25, 0.3) is 0 Å². The van der Waals surface area contributed by atoms with Crippen LogP contribution in [0.15, 0.2) is 46.3 Å². The number of aliphatic imine (C=N–C) groups is 1. The van der Waals surface area contributed by atoms with Crippen LogP contribution in [0.5, 0.6) is 5.75 Å². The number of phenolic OH excluding ortho intramolecular Hbond substituents is 1.